The van der Waals surface area contributed by atoms with Gasteiger partial charge in [0.1, 0.15) is 5.75 Å². The number of amides is 2. The molecule has 0 saturated carbocycles. The molecule has 4 aromatic rings. The average Bonchev–Trinajstić information content (AvgIpc) is 3.46. The van der Waals surface area contributed by atoms with Crippen molar-refractivity contribution in [1.82, 2.24) is 9.97 Å². The summed E-state index contributed by atoms with van der Waals surface area (Å²) in [6, 6.07) is 10.7. The zero-order valence-corrected chi connectivity index (χ0v) is 18.5. The number of carbonyl (C=O) groups excluding carboxylic acids is 2. The van der Waals surface area contributed by atoms with E-state index in [1.165, 1.54) is 41.0 Å². The van der Waals surface area contributed by atoms with Gasteiger partial charge < -0.3 is 10.1 Å². The number of H-pyrrole nitrogens is 1. The van der Waals surface area contributed by atoms with Gasteiger partial charge in [-0.1, -0.05) is 0 Å². The summed E-state index contributed by atoms with van der Waals surface area (Å²) in [5, 5.41) is 4.25. The summed E-state index contributed by atoms with van der Waals surface area (Å²) in [6.07, 6.45) is -5.21. The van der Waals surface area contributed by atoms with Gasteiger partial charge in [-0.05, 0) is 41.1 Å². The van der Waals surface area contributed by atoms with Crippen LogP contribution in [-0.4, -0.2) is 42.3 Å². The average molecular weight is 492 g/mol. The number of carbonyl (C=O) groups is 2. The van der Waals surface area contributed by atoms with Crippen LogP contribution in [0.5, 0.6) is 5.75 Å². The van der Waals surface area contributed by atoms with Crippen LogP contribution in [0, 0.1) is 0 Å². The number of alkyl halides is 3. The molecular formula is C21H17F3N5O4S+. The highest BCUT2D eigenvalue weighted by Crippen LogP contribution is 2.24. The first kappa shape index (κ1) is 23.0. The lowest BCUT2D eigenvalue weighted by Gasteiger charge is -2.18. The quantitative estimate of drug-likeness (QED) is 0.413. The monoisotopic (exact) mass is 492 g/mol. The molecule has 0 atom stereocenters. The topological polar surface area (TPSA) is 100 Å². The normalized spacial score (nSPS) is 11.3. The van der Waals surface area contributed by atoms with Crippen molar-refractivity contribution in [2.75, 3.05) is 24.4 Å². The molecule has 2 aromatic heterocycles. The van der Waals surface area contributed by atoms with E-state index in [2.05, 4.69) is 20.1 Å². The summed E-state index contributed by atoms with van der Waals surface area (Å²) in [5.74, 6) is -1.74. The van der Waals surface area contributed by atoms with E-state index < -0.39 is 18.2 Å². The number of aromatic nitrogens is 3. The first-order valence-electron chi connectivity index (χ1n) is 9.62. The molecule has 0 saturated heterocycles. The molecule has 0 unspecified atom stereocenters. The lowest BCUT2D eigenvalue weighted by molar-refractivity contribution is -0.841. The number of benzene rings is 2. The second-order valence-electron chi connectivity index (χ2n) is 6.94. The predicted octanol–water partition coefficient (Wildman–Crippen LogP) is 3.77. The van der Waals surface area contributed by atoms with Gasteiger partial charge in [0.15, 0.2) is 11.2 Å². The van der Waals surface area contributed by atoms with E-state index in [4.69, 9.17) is 4.74 Å². The third-order valence-corrected chi connectivity index (χ3v) is 5.36. The van der Waals surface area contributed by atoms with Crippen molar-refractivity contribution in [2.45, 2.75) is 6.18 Å². The van der Waals surface area contributed by atoms with Gasteiger partial charge in [-0.15, -0.1) is 11.3 Å². The molecule has 0 fully saturated rings. The summed E-state index contributed by atoms with van der Waals surface area (Å²) < 4.78 is 44.5. The minimum atomic E-state index is -5.21. The Hall–Kier alpha value is -4.13. The Morgan fingerprint density at radius 2 is 1.91 bits per heavy atom. The van der Waals surface area contributed by atoms with Gasteiger partial charge >= 0.3 is 24.0 Å². The lowest BCUT2D eigenvalue weighted by atomic mass is 10.2. The molecule has 2 amide bonds. The molecule has 2 aromatic carbocycles. The zero-order valence-electron chi connectivity index (χ0n) is 17.7. The molecule has 13 heteroatoms. The Morgan fingerprint density at radius 1 is 1.18 bits per heavy atom. The number of hydrogen-bond acceptors (Lipinski definition) is 6. The van der Waals surface area contributed by atoms with Gasteiger partial charge in [-0.2, -0.15) is 13.2 Å². The van der Waals surface area contributed by atoms with Crippen molar-refractivity contribution in [3.8, 4) is 17.3 Å². The minimum absolute atomic E-state index is 0.0349. The summed E-state index contributed by atoms with van der Waals surface area (Å²) in [5.41, 5.74) is 3.06. The van der Waals surface area contributed by atoms with Crippen molar-refractivity contribution in [3.05, 3.63) is 53.4 Å². The van der Waals surface area contributed by atoms with Crippen molar-refractivity contribution in [1.29, 1.82) is 0 Å². The van der Waals surface area contributed by atoms with E-state index in [9.17, 15) is 22.8 Å². The highest BCUT2D eigenvalue weighted by Gasteiger charge is 2.44. The van der Waals surface area contributed by atoms with E-state index >= 15 is 0 Å². The number of imidazole rings is 1. The number of methoxy groups -OCH3 is 1. The fraction of sp³-hybridized carbons (Fsp3) is 0.143. The summed E-state index contributed by atoms with van der Waals surface area (Å²) in [6.45, 7) is 0. The molecule has 0 aliphatic rings. The highest BCUT2D eigenvalue weighted by atomic mass is 32.1. The molecule has 9 nitrogen and oxygen atoms in total. The van der Waals surface area contributed by atoms with Crippen molar-refractivity contribution < 1.29 is 37.1 Å². The maximum Gasteiger partial charge on any atom is 0.495 e. The number of ether oxygens (including phenoxy) is 1. The molecule has 0 spiro atoms. The number of nitrogens with one attached hydrogen (secondary N) is 2. The number of anilines is 2. The molecular weight excluding hydrogens is 475 g/mol. The van der Waals surface area contributed by atoms with E-state index in [1.54, 1.807) is 42.8 Å². The third kappa shape index (κ3) is 4.64. The second kappa shape index (κ2) is 9.02. The third-order valence-electron chi connectivity index (χ3n) is 4.77. The number of hydrogen-bond donors (Lipinski definition) is 2. The molecule has 176 valence electrons. The number of fused-ring (bicyclic) bond motifs is 1. The van der Waals surface area contributed by atoms with E-state index in [-0.39, 0.29) is 22.7 Å². The van der Waals surface area contributed by atoms with Crippen LogP contribution in [0.3, 0.4) is 0 Å². The Morgan fingerprint density at radius 3 is 2.53 bits per heavy atom. The zero-order chi connectivity index (χ0) is 24.5. The van der Waals surface area contributed by atoms with E-state index in [1.807, 2.05) is 0 Å². The van der Waals surface area contributed by atoms with Gasteiger partial charge in [0.05, 0.1) is 12.6 Å². The maximum absolute atomic E-state index is 12.9. The highest BCUT2D eigenvalue weighted by molar-refractivity contribution is 7.07. The van der Waals surface area contributed by atoms with Gasteiger partial charge in [0, 0.05) is 29.9 Å². The van der Waals surface area contributed by atoms with Gasteiger partial charge in [-0.25, -0.2) is 24.4 Å². The van der Waals surface area contributed by atoms with Crippen LogP contribution in [-0.2, 0) is 4.79 Å². The number of aromatic amines is 1. The SMILES string of the molecule is COc1ccc(N(C)C(=O)Nc2ccc3[nH]c(-c4cscn4)[n+](OC(=O)C(F)(F)F)c3c2)cc1. The van der Waals surface area contributed by atoms with E-state index in [0.29, 0.717) is 21.7 Å². The Labute approximate surface area is 194 Å². The van der Waals surface area contributed by atoms with Crippen LogP contribution in [0.1, 0.15) is 0 Å². The van der Waals surface area contributed by atoms with Crippen molar-refractivity contribution >= 4 is 45.7 Å². The predicted molar refractivity (Wildman–Crippen MR) is 118 cm³/mol. The van der Waals surface area contributed by atoms with Crippen molar-refractivity contribution in [3.63, 3.8) is 0 Å². The minimum Gasteiger partial charge on any atom is -0.497 e. The molecule has 0 aliphatic carbocycles. The molecule has 34 heavy (non-hydrogen) atoms. The van der Waals surface area contributed by atoms with Crippen LogP contribution in [0.15, 0.2) is 53.4 Å². The maximum atomic E-state index is 12.9. The smallest absolute Gasteiger partial charge is 0.495 e. The fourth-order valence-corrected chi connectivity index (χ4v) is 3.58. The number of nitrogens with zero attached hydrogens (tertiary/aromatic N) is 3. The lowest BCUT2D eigenvalue weighted by Crippen LogP contribution is -2.51. The van der Waals surface area contributed by atoms with E-state index in [0.717, 1.165) is 0 Å². The molecule has 0 bridgehead atoms. The Balaban J connectivity index is 1.66. The first-order chi connectivity index (χ1) is 16.2. The van der Waals surface area contributed by atoms with Gasteiger partial charge in [-0.3, -0.25) is 4.90 Å². The number of thiazole rings is 1. The van der Waals surface area contributed by atoms with Crippen LogP contribution in [0.4, 0.5) is 29.3 Å². The summed E-state index contributed by atoms with van der Waals surface area (Å²) in [7, 11) is 3.08. The largest absolute Gasteiger partial charge is 0.497 e. The summed E-state index contributed by atoms with van der Waals surface area (Å²) >= 11 is 1.21. The number of rotatable bonds is 5. The Kier molecular flexibility index (Phi) is 6.11. The van der Waals surface area contributed by atoms with Crippen molar-refractivity contribution in [2.24, 2.45) is 0 Å². The molecule has 0 radical (unpaired) electrons. The molecule has 2 heterocycles. The first-order valence-corrected chi connectivity index (χ1v) is 10.6. The van der Waals surface area contributed by atoms with Crippen LogP contribution >= 0.6 is 11.3 Å². The van der Waals surface area contributed by atoms with Crippen LogP contribution in [0.25, 0.3) is 22.6 Å². The molecule has 4 rings (SSSR count). The van der Waals surface area contributed by atoms with Crippen LogP contribution < -0.4 is 24.5 Å². The Bertz CT molecular complexity index is 1340. The molecule has 0 aliphatic heterocycles. The fourth-order valence-electron chi connectivity index (χ4n) is 3.04. The van der Waals surface area contributed by atoms with Crippen LogP contribution in [0.2, 0.25) is 0 Å². The standard InChI is InChI=1S/C21H16F3N5O4S/c1-28(13-4-6-14(32-2)7-5-13)20(31)26-12-3-8-15-17(9-12)29(33-19(30)21(22,23)24)18(27-15)16-10-34-11-25-16/h3-11H,1-2H3,(H,26,31)/p+1. The van der Waals surface area contributed by atoms with Gasteiger partial charge in [0.2, 0.25) is 5.52 Å². The second-order valence-corrected chi connectivity index (χ2v) is 7.66. The summed E-state index contributed by atoms with van der Waals surface area (Å²) in [4.78, 5) is 37.2. The molecule has 2 N–H and O–H groups in total. The van der Waals surface area contributed by atoms with Gasteiger partial charge in [0.25, 0.3) is 0 Å². The number of halogens is 3. The number of urea groups is 1.